The molecule has 26 heavy (non-hydrogen) atoms. The summed E-state index contributed by atoms with van der Waals surface area (Å²) in [5.41, 5.74) is 2.35. The molecule has 0 bridgehead atoms. The van der Waals surface area contributed by atoms with Crippen molar-refractivity contribution >= 4 is 29.0 Å². The number of anilines is 1. The van der Waals surface area contributed by atoms with Gasteiger partial charge >= 0.3 is 0 Å². The van der Waals surface area contributed by atoms with Crippen LogP contribution < -0.4 is 10.5 Å². The van der Waals surface area contributed by atoms with E-state index in [0.29, 0.717) is 28.8 Å². The highest BCUT2D eigenvalue weighted by molar-refractivity contribution is 6.34. The van der Waals surface area contributed by atoms with E-state index in [4.69, 9.17) is 23.2 Å². The second-order valence-electron chi connectivity index (χ2n) is 5.98. The Morgan fingerprint density at radius 3 is 2.46 bits per heavy atom. The molecule has 0 aliphatic rings. The summed E-state index contributed by atoms with van der Waals surface area (Å²) in [4.78, 5) is 25.4. The van der Waals surface area contributed by atoms with Gasteiger partial charge in [0, 0.05) is 47.2 Å². The van der Waals surface area contributed by atoms with Crippen molar-refractivity contribution in [3.63, 3.8) is 0 Å². The number of hydrogen-bond acceptors (Lipinski definition) is 4. The molecule has 0 amide bonds. The zero-order valence-electron chi connectivity index (χ0n) is 14.5. The smallest absolute Gasteiger partial charge is 0.251 e. The maximum Gasteiger partial charge on any atom is 0.251 e. The molecular weight excluding hydrogens is 371 g/mol. The Hall–Kier alpha value is -2.37. The standard InChI is InChI=1S/C19H18Cl2N4O/c1-3-16-9-18(26)24-19(23-16)13-4-5-17(22-10-13)25(2)11-12-6-14(20)8-15(21)7-12/h4-10H,3,11H2,1-2H3,(H,23,24,26). The van der Waals surface area contributed by atoms with Gasteiger partial charge < -0.3 is 9.88 Å². The van der Waals surface area contributed by atoms with Crippen LogP contribution in [0.5, 0.6) is 0 Å². The van der Waals surface area contributed by atoms with Crippen molar-refractivity contribution in [1.29, 1.82) is 0 Å². The SMILES string of the molecule is CCc1cc(=O)[nH]c(-c2ccc(N(C)Cc3cc(Cl)cc(Cl)c3)nc2)n1. The molecule has 134 valence electrons. The van der Waals surface area contributed by atoms with Gasteiger partial charge in [0.05, 0.1) is 0 Å². The van der Waals surface area contributed by atoms with Gasteiger partial charge in [-0.3, -0.25) is 4.79 Å². The maximum atomic E-state index is 11.7. The Bertz CT molecular complexity index is 950. The summed E-state index contributed by atoms with van der Waals surface area (Å²) in [5.74, 6) is 1.32. The first kappa shape index (κ1) is 18.4. The molecule has 0 unspecified atom stereocenters. The van der Waals surface area contributed by atoms with Crippen LogP contribution in [-0.4, -0.2) is 22.0 Å². The summed E-state index contributed by atoms with van der Waals surface area (Å²) >= 11 is 12.1. The van der Waals surface area contributed by atoms with Crippen LogP contribution in [0.3, 0.4) is 0 Å². The molecular formula is C19H18Cl2N4O. The fourth-order valence-corrected chi connectivity index (χ4v) is 3.21. The Kier molecular flexibility index (Phi) is 5.59. The quantitative estimate of drug-likeness (QED) is 0.705. The molecule has 0 atom stereocenters. The number of pyridine rings is 1. The summed E-state index contributed by atoms with van der Waals surface area (Å²) in [6, 6.07) is 10.8. The first-order chi connectivity index (χ1) is 12.4. The third kappa shape index (κ3) is 4.42. The van der Waals surface area contributed by atoms with Gasteiger partial charge in [-0.15, -0.1) is 0 Å². The van der Waals surface area contributed by atoms with Gasteiger partial charge in [0.25, 0.3) is 5.56 Å². The Morgan fingerprint density at radius 1 is 1.12 bits per heavy atom. The minimum atomic E-state index is -0.161. The van der Waals surface area contributed by atoms with Crippen LogP contribution in [0.15, 0.2) is 47.4 Å². The largest absolute Gasteiger partial charge is 0.355 e. The number of hydrogen-bond donors (Lipinski definition) is 1. The Balaban J connectivity index is 1.80. The summed E-state index contributed by atoms with van der Waals surface area (Å²) in [7, 11) is 1.94. The predicted octanol–water partition coefficient (Wildman–Crippen LogP) is 4.34. The molecule has 2 heterocycles. The number of nitrogens with one attached hydrogen (secondary N) is 1. The van der Waals surface area contributed by atoms with Gasteiger partial charge in [0.15, 0.2) is 0 Å². The van der Waals surface area contributed by atoms with Gasteiger partial charge in [-0.25, -0.2) is 9.97 Å². The van der Waals surface area contributed by atoms with Crippen molar-refractivity contribution < 1.29 is 0 Å². The Labute approximate surface area is 161 Å². The molecule has 1 N–H and O–H groups in total. The highest BCUT2D eigenvalue weighted by Gasteiger charge is 2.08. The van der Waals surface area contributed by atoms with Crippen LogP contribution in [0.4, 0.5) is 5.82 Å². The van der Waals surface area contributed by atoms with Gasteiger partial charge in [0.1, 0.15) is 11.6 Å². The summed E-state index contributed by atoms with van der Waals surface area (Å²) in [6.07, 6.45) is 2.40. The first-order valence-electron chi connectivity index (χ1n) is 8.17. The van der Waals surface area contributed by atoms with Gasteiger partial charge in [-0.05, 0) is 42.3 Å². The molecule has 3 aromatic rings. The first-order valence-corrected chi connectivity index (χ1v) is 8.93. The van der Waals surface area contributed by atoms with E-state index >= 15 is 0 Å². The highest BCUT2D eigenvalue weighted by Crippen LogP contribution is 2.22. The van der Waals surface area contributed by atoms with Gasteiger partial charge in [-0.1, -0.05) is 30.1 Å². The molecule has 0 aliphatic carbocycles. The third-order valence-corrected chi connectivity index (χ3v) is 4.35. The lowest BCUT2D eigenvalue weighted by Gasteiger charge is -2.18. The summed E-state index contributed by atoms with van der Waals surface area (Å²) in [5, 5.41) is 1.21. The van der Waals surface area contributed by atoms with Crippen molar-refractivity contribution in [2.75, 3.05) is 11.9 Å². The molecule has 0 saturated carbocycles. The average Bonchev–Trinajstić information content (AvgIpc) is 2.60. The molecule has 3 rings (SSSR count). The number of aromatic nitrogens is 3. The molecule has 5 nitrogen and oxygen atoms in total. The minimum Gasteiger partial charge on any atom is -0.355 e. The van der Waals surface area contributed by atoms with Crippen LogP contribution in [-0.2, 0) is 13.0 Å². The van der Waals surface area contributed by atoms with E-state index in [9.17, 15) is 4.79 Å². The number of halogens is 2. The zero-order valence-corrected chi connectivity index (χ0v) is 16.0. The van der Waals surface area contributed by atoms with Crippen LogP contribution in [0, 0.1) is 0 Å². The van der Waals surface area contributed by atoms with Gasteiger partial charge in [-0.2, -0.15) is 0 Å². The van der Waals surface area contributed by atoms with Crippen molar-refractivity contribution in [3.8, 4) is 11.4 Å². The summed E-state index contributed by atoms with van der Waals surface area (Å²) < 4.78 is 0. The third-order valence-electron chi connectivity index (χ3n) is 3.91. The molecule has 0 radical (unpaired) electrons. The van der Waals surface area contributed by atoms with E-state index in [0.717, 1.165) is 22.6 Å². The van der Waals surface area contributed by atoms with Crippen LogP contribution >= 0.6 is 23.2 Å². The molecule has 1 aromatic carbocycles. The average molecular weight is 389 g/mol. The normalized spacial score (nSPS) is 10.8. The van der Waals surface area contributed by atoms with Gasteiger partial charge in [0.2, 0.25) is 0 Å². The lowest BCUT2D eigenvalue weighted by Crippen LogP contribution is -2.17. The van der Waals surface area contributed by atoms with Crippen molar-refractivity contribution in [2.24, 2.45) is 0 Å². The lowest BCUT2D eigenvalue weighted by molar-refractivity contribution is 0.897. The number of H-pyrrole nitrogens is 1. The lowest BCUT2D eigenvalue weighted by atomic mass is 10.2. The molecule has 0 saturated heterocycles. The number of rotatable bonds is 5. The van der Waals surface area contributed by atoms with E-state index in [1.165, 1.54) is 6.07 Å². The monoisotopic (exact) mass is 388 g/mol. The van der Waals surface area contributed by atoms with E-state index in [1.54, 1.807) is 12.3 Å². The molecule has 7 heteroatoms. The van der Waals surface area contributed by atoms with Crippen molar-refractivity contribution in [3.05, 3.63) is 74.3 Å². The number of nitrogens with zero attached hydrogens (tertiary/aromatic N) is 3. The second-order valence-corrected chi connectivity index (χ2v) is 6.85. The molecule has 0 aliphatic heterocycles. The molecule has 0 spiro atoms. The zero-order chi connectivity index (χ0) is 18.7. The summed E-state index contributed by atoms with van der Waals surface area (Å²) in [6.45, 7) is 2.58. The number of aromatic amines is 1. The number of aryl methyl sites for hydroxylation is 1. The fraction of sp³-hybridized carbons (Fsp3) is 0.211. The molecule has 2 aromatic heterocycles. The topological polar surface area (TPSA) is 61.9 Å². The maximum absolute atomic E-state index is 11.7. The van der Waals surface area contributed by atoms with E-state index in [2.05, 4.69) is 15.0 Å². The minimum absolute atomic E-state index is 0.161. The Morgan fingerprint density at radius 2 is 1.85 bits per heavy atom. The highest BCUT2D eigenvalue weighted by atomic mass is 35.5. The van der Waals surface area contributed by atoms with E-state index in [1.807, 2.05) is 43.1 Å². The van der Waals surface area contributed by atoms with E-state index in [-0.39, 0.29) is 5.56 Å². The van der Waals surface area contributed by atoms with Crippen LogP contribution in [0.1, 0.15) is 18.2 Å². The molecule has 0 fully saturated rings. The van der Waals surface area contributed by atoms with Crippen LogP contribution in [0.25, 0.3) is 11.4 Å². The predicted molar refractivity (Wildman–Crippen MR) is 106 cm³/mol. The van der Waals surface area contributed by atoms with E-state index < -0.39 is 0 Å². The van der Waals surface area contributed by atoms with Crippen molar-refractivity contribution in [2.45, 2.75) is 19.9 Å². The van der Waals surface area contributed by atoms with Crippen LogP contribution in [0.2, 0.25) is 10.0 Å². The van der Waals surface area contributed by atoms with Crippen molar-refractivity contribution in [1.82, 2.24) is 15.0 Å². The second kappa shape index (κ2) is 7.89. The fourth-order valence-electron chi connectivity index (χ4n) is 2.63. The number of benzene rings is 1.